The van der Waals surface area contributed by atoms with Crippen molar-refractivity contribution in [2.24, 2.45) is 5.92 Å². The zero-order valence-electron chi connectivity index (χ0n) is 12.8. The molecule has 4 nitrogen and oxygen atoms in total. The molecule has 4 heteroatoms. The summed E-state index contributed by atoms with van der Waals surface area (Å²) >= 11 is 0. The van der Waals surface area contributed by atoms with Crippen LogP contribution in [0, 0.1) is 5.92 Å². The highest BCUT2D eigenvalue weighted by Crippen LogP contribution is 2.34. The number of nitrogens with zero attached hydrogens (tertiary/aromatic N) is 1. The molecule has 1 heterocycles. The zero-order valence-corrected chi connectivity index (χ0v) is 12.8. The van der Waals surface area contributed by atoms with Crippen molar-refractivity contribution in [1.29, 1.82) is 0 Å². The minimum absolute atomic E-state index is 0.120. The molecule has 2 aliphatic rings. The van der Waals surface area contributed by atoms with E-state index in [9.17, 15) is 9.59 Å². The Labute approximate surface area is 121 Å². The molecule has 0 spiro atoms. The number of hydrogen-bond donors (Lipinski definition) is 0. The average Bonchev–Trinajstić information content (AvgIpc) is 2.89. The summed E-state index contributed by atoms with van der Waals surface area (Å²) < 4.78 is 5.20. The second kappa shape index (κ2) is 7.21. The molecule has 0 aromatic carbocycles. The summed E-state index contributed by atoms with van der Waals surface area (Å²) in [6.45, 7) is 5.22. The number of Topliss-reactive ketones (excluding diaryl/α,β-unsaturated/α-hetero) is 1. The molecule has 2 fully saturated rings. The number of carbonyl (C=O) groups is 2. The number of ketones is 1. The molecular weight excluding hydrogens is 254 g/mol. The molecule has 3 atom stereocenters. The lowest BCUT2D eigenvalue weighted by molar-refractivity contribution is -0.151. The summed E-state index contributed by atoms with van der Waals surface area (Å²) in [6.07, 6.45) is 6.81. The monoisotopic (exact) mass is 281 g/mol. The summed E-state index contributed by atoms with van der Waals surface area (Å²) in [5.74, 6) is 0.437. The van der Waals surface area contributed by atoms with Gasteiger partial charge in [0, 0.05) is 18.4 Å². The second-order valence-electron chi connectivity index (χ2n) is 5.94. The van der Waals surface area contributed by atoms with Crippen LogP contribution in [0.5, 0.6) is 0 Å². The lowest BCUT2D eigenvalue weighted by Crippen LogP contribution is -2.49. The molecular formula is C16H27NO3. The molecule has 0 N–H and O–H groups in total. The maximum absolute atomic E-state index is 12.2. The van der Waals surface area contributed by atoms with Gasteiger partial charge in [-0.15, -0.1) is 0 Å². The maximum atomic E-state index is 12.2. The topological polar surface area (TPSA) is 46.6 Å². The quantitative estimate of drug-likeness (QED) is 0.727. The van der Waals surface area contributed by atoms with Gasteiger partial charge in [-0.2, -0.15) is 0 Å². The normalized spacial score (nSPS) is 29.4. The molecule has 0 aromatic rings. The van der Waals surface area contributed by atoms with Gasteiger partial charge in [0.05, 0.1) is 6.61 Å². The van der Waals surface area contributed by atoms with E-state index in [2.05, 4.69) is 4.90 Å². The number of hydrogen-bond acceptors (Lipinski definition) is 4. The fraction of sp³-hybridized carbons (Fsp3) is 0.875. The number of ether oxygens (including phenoxy) is 1. The molecule has 0 aromatic heterocycles. The Morgan fingerprint density at radius 1 is 1.30 bits per heavy atom. The first kappa shape index (κ1) is 15.5. The first-order valence-electron chi connectivity index (χ1n) is 8.14. The van der Waals surface area contributed by atoms with E-state index >= 15 is 0 Å². The molecule has 3 unspecified atom stereocenters. The fourth-order valence-electron chi connectivity index (χ4n) is 3.83. The van der Waals surface area contributed by atoms with Crippen molar-refractivity contribution in [2.75, 3.05) is 13.2 Å². The third-order valence-corrected chi connectivity index (χ3v) is 4.75. The van der Waals surface area contributed by atoms with Crippen molar-refractivity contribution >= 4 is 11.8 Å². The molecule has 1 aliphatic carbocycles. The number of likely N-dealkylation sites (tertiary alicyclic amines) is 1. The molecule has 114 valence electrons. The van der Waals surface area contributed by atoms with Crippen LogP contribution in [0.1, 0.15) is 58.8 Å². The van der Waals surface area contributed by atoms with Crippen LogP contribution in [0.25, 0.3) is 0 Å². The second-order valence-corrected chi connectivity index (χ2v) is 5.94. The first-order valence-corrected chi connectivity index (χ1v) is 8.14. The van der Waals surface area contributed by atoms with Gasteiger partial charge in [-0.25, -0.2) is 0 Å². The van der Waals surface area contributed by atoms with Crippen LogP contribution < -0.4 is 0 Å². The van der Waals surface area contributed by atoms with E-state index in [1.54, 1.807) is 0 Å². The number of esters is 1. The van der Waals surface area contributed by atoms with Gasteiger partial charge in [0.1, 0.15) is 11.8 Å². The standard InChI is InChI=1S/C16H27NO3/c1-3-13(16(19)20-4-2)17-11-7-9-14(17)12-8-5-6-10-15(12)18/h12-14H,3-11H2,1-2H3. The van der Waals surface area contributed by atoms with Crippen LogP contribution in [0.4, 0.5) is 0 Å². The number of rotatable bonds is 5. The third-order valence-electron chi connectivity index (χ3n) is 4.75. The Bertz CT molecular complexity index is 356. The molecule has 0 amide bonds. The van der Waals surface area contributed by atoms with Crippen LogP contribution in [0.15, 0.2) is 0 Å². The lowest BCUT2D eigenvalue weighted by Gasteiger charge is -2.36. The highest BCUT2D eigenvalue weighted by Gasteiger charge is 2.41. The molecule has 0 radical (unpaired) electrons. The SMILES string of the molecule is CCOC(=O)C(CC)N1CCCC1C1CCCCC1=O. The van der Waals surface area contributed by atoms with E-state index in [1.165, 1.54) is 0 Å². The van der Waals surface area contributed by atoms with E-state index in [0.717, 1.165) is 51.5 Å². The third kappa shape index (κ3) is 3.22. The smallest absolute Gasteiger partial charge is 0.323 e. The molecule has 1 aliphatic heterocycles. The summed E-state index contributed by atoms with van der Waals surface area (Å²) in [7, 11) is 0. The predicted octanol–water partition coefficient (Wildman–Crippen LogP) is 2.55. The van der Waals surface area contributed by atoms with Crippen LogP contribution in [-0.4, -0.2) is 41.9 Å². The Kier molecular flexibility index (Phi) is 5.58. The Morgan fingerprint density at radius 3 is 2.75 bits per heavy atom. The summed E-state index contributed by atoms with van der Waals surface area (Å²) in [5.41, 5.74) is 0. The molecule has 20 heavy (non-hydrogen) atoms. The zero-order chi connectivity index (χ0) is 14.5. The van der Waals surface area contributed by atoms with Crippen molar-refractivity contribution < 1.29 is 14.3 Å². The minimum Gasteiger partial charge on any atom is -0.465 e. The van der Waals surface area contributed by atoms with Gasteiger partial charge in [-0.1, -0.05) is 13.3 Å². The first-order chi connectivity index (χ1) is 9.69. The summed E-state index contributed by atoms with van der Waals surface area (Å²) in [4.78, 5) is 26.6. The van der Waals surface area contributed by atoms with Gasteiger partial charge < -0.3 is 4.74 Å². The van der Waals surface area contributed by atoms with Crippen LogP contribution >= 0.6 is 0 Å². The van der Waals surface area contributed by atoms with Crippen LogP contribution in [-0.2, 0) is 14.3 Å². The van der Waals surface area contributed by atoms with Gasteiger partial charge in [0.15, 0.2) is 0 Å². The van der Waals surface area contributed by atoms with E-state index in [4.69, 9.17) is 4.74 Å². The highest BCUT2D eigenvalue weighted by atomic mass is 16.5. The van der Waals surface area contributed by atoms with Crippen LogP contribution in [0.2, 0.25) is 0 Å². The highest BCUT2D eigenvalue weighted by molar-refractivity contribution is 5.82. The van der Waals surface area contributed by atoms with Crippen molar-refractivity contribution in [1.82, 2.24) is 4.90 Å². The molecule has 1 saturated carbocycles. The Morgan fingerprint density at radius 2 is 2.10 bits per heavy atom. The minimum atomic E-state index is -0.169. The van der Waals surface area contributed by atoms with Gasteiger partial charge in [0.2, 0.25) is 0 Å². The maximum Gasteiger partial charge on any atom is 0.323 e. The largest absolute Gasteiger partial charge is 0.465 e. The van der Waals surface area contributed by atoms with Crippen molar-refractivity contribution in [3.8, 4) is 0 Å². The van der Waals surface area contributed by atoms with E-state index < -0.39 is 0 Å². The number of carbonyl (C=O) groups excluding carboxylic acids is 2. The van der Waals surface area contributed by atoms with Crippen molar-refractivity contribution in [3.05, 3.63) is 0 Å². The Balaban J connectivity index is 2.08. The van der Waals surface area contributed by atoms with Gasteiger partial charge in [-0.05, 0) is 45.6 Å². The van der Waals surface area contributed by atoms with Crippen molar-refractivity contribution in [2.45, 2.75) is 70.9 Å². The molecule has 0 bridgehead atoms. The summed E-state index contributed by atoms with van der Waals surface area (Å²) in [6, 6.07) is 0.0920. The van der Waals surface area contributed by atoms with Crippen LogP contribution in [0.3, 0.4) is 0 Å². The predicted molar refractivity (Wildman–Crippen MR) is 77.4 cm³/mol. The Hall–Kier alpha value is -0.900. The van der Waals surface area contributed by atoms with Gasteiger partial charge in [-0.3, -0.25) is 14.5 Å². The van der Waals surface area contributed by atoms with E-state index in [1.807, 2.05) is 13.8 Å². The lowest BCUT2D eigenvalue weighted by atomic mass is 9.81. The van der Waals surface area contributed by atoms with Gasteiger partial charge >= 0.3 is 5.97 Å². The van der Waals surface area contributed by atoms with E-state index in [0.29, 0.717) is 12.4 Å². The molecule has 1 saturated heterocycles. The van der Waals surface area contributed by atoms with Crippen molar-refractivity contribution in [3.63, 3.8) is 0 Å². The molecule has 2 rings (SSSR count). The van der Waals surface area contributed by atoms with Gasteiger partial charge in [0.25, 0.3) is 0 Å². The fourth-order valence-corrected chi connectivity index (χ4v) is 3.83. The average molecular weight is 281 g/mol. The summed E-state index contributed by atoms with van der Waals surface area (Å²) in [5, 5.41) is 0. The van der Waals surface area contributed by atoms with E-state index in [-0.39, 0.29) is 24.0 Å².